The van der Waals surface area contributed by atoms with Gasteiger partial charge in [0.2, 0.25) is 0 Å². The van der Waals surface area contributed by atoms with Gasteiger partial charge in [0.25, 0.3) is 0 Å². The standard InChI is InChI=1S/C18H23NO/c1-15(19-2)14-17-8-10-18(11-9-17)20-13-12-16-6-4-3-5-7-16/h3-11,15,19H,12-14H2,1-2H3. The summed E-state index contributed by atoms with van der Waals surface area (Å²) < 4.78 is 5.78. The first-order valence-electron chi connectivity index (χ1n) is 7.21. The Morgan fingerprint density at radius 3 is 2.30 bits per heavy atom. The van der Waals surface area contributed by atoms with E-state index in [-0.39, 0.29) is 0 Å². The molecule has 0 saturated heterocycles. The van der Waals surface area contributed by atoms with Gasteiger partial charge in [0.05, 0.1) is 6.61 Å². The predicted molar refractivity (Wildman–Crippen MR) is 84.3 cm³/mol. The molecule has 0 bridgehead atoms. The van der Waals surface area contributed by atoms with E-state index in [4.69, 9.17) is 4.74 Å². The third kappa shape index (κ3) is 4.71. The molecule has 0 heterocycles. The van der Waals surface area contributed by atoms with Crippen LogP contribution in [0, 0.1) is 0 Å². The van der Waals surface area contributed by atoms with Gasteiger partial charge in [-0.3, -0.25) is 0 Å². The van der Waals surface area contributed by atoms with Crippen molar-refractivity contribution in [1.82, 2.24) is 5.32 Å². The van der Waals surface area contributed by atoms with Gasteiger partial charge in [0.15, 0.2) is 0 Å². The number of rotatable bonds is 7. The Kier molecular flexibility index (Phi) is 5.63. The van der Waals surface area contributed by atoms with Crippen LogP contribution in [0.5, 0.6) is 5.75 Å². The molecule has 0 aliphatic heterocycles. The molecule has 0 aromatic heterocycles. The van der Waals surface area contributed by atoms with Crippen LogP contribution in [0.15, 0.2) is 54.6 Å². The summed E-state index contributed by atoms with van der Waals surface area (Å²) in [5, 5.41) is 3.25. The van der Waals surface area contributed by atoms with Crippen molar-refractivity contribution in [2.45, 2.75) is 25.8 Å². The summed E-state index contributed by atoms with van der Waals surface area (Å²) in [6, 6.07) is 19.3. The summed E-state index contributed by atoms with van der Waals surface area (Å²) >= 11 is 0. The fourth-order valence-electron chi connectivity index (χ4n) is 2.11. The molecule has 0 spiro atoms. The van der Waals surface area contributed by atoms with Crippen LogP contribution in [-0.2, 0) is 12.8 Å². The Hall–Kier alpha value is -1.80. The maximum atomic E-state index is 5.78. The first kappa shape index (κ1) is 14.6. The van der Waals surface area contributed by atoms with E-state index >= 15 is 0 Å². The molecular formula is C18H23NO. The Morgan fingerprint density at radius 2 is 1.65 bits per heavy atom. The van der Waals surface area contributed by atoms with Gasteiger partial charge in [-0.05, 0) is 43.7 Å². The van der Waals surface area contributed by atoms with E-state index in [0.29, 0.717) is 6.04 Å². The zero-order valence-electron chi connectivity index (χ0n) is 12.3. The third-order valence-electron chi connectivity index (χ3n) is 3.46. The average Bonchev–Trinajstić information content (AvgIpc) is 2.50. The van der Waals surface area contributed by atoms with Gasteiger partial charge in [0, 0.05) is 12.5 Å². The Bertz CT molecular complexity index is 493. The minimum atomic E-state index is 0.500. The van der Waals surface area contributed by atoms with Crippen LogP contribution in [0.25, 0.3) is 0 Å². The summed E-state index contributed by atoms with van der Waals surface area (Å²) in [6.45, 7) is 2.90. The molecule has 0 aliphatic rings. The Labute approximate surface area is 121 Å². The highest BCUT2D eigenvalue weighted by molar-refractivity contribution is 5.28. The molecule has 0 saturated carbocycles. The summed E-state index contributed by atoms with van der Waals surface area (Å²) in [5.41, 5.74) is 2.65. The molecule has 1 unspecified atom stereocenters. The first-order chi connectivity index (χ1) is 9.78. The van der Waals surface area contributed by atoms with Crippen LogP contribution in [0.3, 0.4) is 0 Å². The van der Waals surface area contributed by atoms with Gasteiger partial charge in [-0.25, -0.2) is 0 Å². The van der Waals surface area contributed by atoms with Crippen LogP contribution < -0.4 is 10.1 Å². The Morgan fingerprint density at radius 1 is 0.950 bits per heavy atom. The van der Waals surface area contributed by atoms with Gasteiger partial charge in [0.1, 0.15) is 5.75 Å². The minimum Gasteiger partial charge on any atom is -0.493 e. The SMILES string of the molecule is CNC(C)Cc1ccc(OCCc2ccccc2)cc1. The van der Waals surface area contributed by atoms with Crippen molar-refractivity contribution in [3.8, 4) is 5.75 Å². The summed E-state index contributed by atoms with van der Waals surface area (Å²) in [5.74, 6) is 0.946. The zero-order valence-corrected chi connectivity index (χ0v) is 12.3. The second-order valence-electron chi connectivity index (χ2n) is 5.12. The number of likely N-dealkylation sites (N-methyl/N-ethyl adjacent to an activating group) is 1. The molecule has 2 nitrogen and oxygen atoms in total. The lowest BCUT2D eigenvalue weighted by Gasteiger charge is -2.11. The van der Waals surface area contributed by atoms with Gasteiger partial charge >= 0.3 is 0 Å². The molecule has 1 N–H and O–H groups in total. The van der Waals surface area contributed by atoms with Gasteiger partial charge in [-0.2, -0.15) is 0 Å². The number of hydrogen-bond donors (Lipinski definition) is 1. The van der Waals surface area contributed by atoms with E-state index in [2.05, 4.69) is 60.8 Å². The van der Waals surface area contributed by atoms with E-state index in [0.717, 1.165) is 25.2 Å². The van der Waals surface area contributed by atoms with Crippen molar-refractivity contribution in [2.75, 3.05) is 13.7 Å². The summed E-state index contributed by atoms with van der Waals surface area (Å²) in [7, 11) is 1.99. The molecule has 0 fully saturated rings. The highest BCUT2D eigenvalue weighted by Gasteiger charge is 2.01. The molecule has 2 heteroatoms. The van der Waals surface area contributed by atoms with Crippen molar-refractivity contribution < 1.29 is 4.74 Å². The topological polar surface area (TPSA) is 21.3 Å². The van der Waals surface area contributed by atoms with Crippen molar-refractivity contribution in [2.24, 2.45) is 0 Å². The molecule has 2 rings (SSSR count). The average molecular weight is 269 g/mol. The largest absolute Gasteiger partial charge is 0.493 e. The van der Waals surface area contributed by atoms with Crippen LogP contribution in [0.4, 0.5) is 0 Å². The lowest BCUT2D eigenvalue weighted by molar-refractivity contribution is 0.322. The number of ether oxygens (including phenoxy) is 1. The monoisotopic (exact) mass is 269 g/mol. The van der Waals surface area contributed by atoms with Crippen LogP contribution in [0.2, 0.25) is 0 Å². The quantitative estimate of drug-likeness (QED) is 0.831. The minimum absolute atomic E-state index is 0.500. The number of nitrogens with one attached hydrogen (secondary N) is 1. The molecule has 1 atom stereocenters. The fourth-order valence-corrected chi connectivity index (χ4v) is 2.11. The normalized spacial score (nSPS) is 12.1. The fraction of sp³-hybridized carbons (Fsp3) is 0.333. The molecule has 2 aromatic carbocycles. The number of benzene rings is 2. The van der Waals surface area contributed by atoms with Crippen LogP contribution in [0.1, 0.15) is 18.1 Å². The molecule has 0 aliphatic carbocycles. The van der Waals surface area contributed by atoms with Crippen LogP contribution >= 0.6 is 0 Å². The van der Waals surface area contributed by atoms with E-state index < -0.39 is 0 Å². The highest BCUT2D eigenvalue weighted by atomic mass is 16.5. The first-order valence-corrected chi connectivity index (χ1v) is 7.21. The maximum Gasteiger partial charge on any atom is 0.119 e. The predicted octanol–water partition coefficient (Wildman–Crippen LogP) is 3.46. The lowest BCUT2D eigenvalue weighted by Crippen LogP contribution is -2.23. The zero-order chi connectivity index (χ0) is 14.2. The van der Waals surface area contributed by atoms with Crippen LogP contribution in [-0.4, -0.2) is 19.7 Å². The van der Waals surface area contributed by atoms with Crippen molar-refractivity contribution in [3.05, 3.63) is 65.7 Å². The molecule has 20 heavy (non-hydrogen) atoms. The van der Waals surface area contributed by atoms with E-state index in [1.54, 1.807) is 0 Å². The Balaban J connectivity index is 1.79. The van der Waals surface area contributed by atoms with E-state index in [1.165, 1.54) is 11.1 Å². The number of hydrogen-bond acceptors (Lipinski definition) is 2. The van der Waals surface area contributed by atoms with E-state index in [1.807, 2.05) is 13.1 Å². The molecule has 106 valence electrons. The maximum absolute atomic E-state index is 5.78. The highest BCUT2D eigenvalue weighted by Crippen LogP contribution is 2.14. The molecular weight excluding hydrogens is 246 g/mol. The van der Waals surface area contributed by atoms with Crippen molar-refractivity contribution in [1.29, 1.82) is 0 Å². The van der Waals surface area contributed by atoms with Gasteiger partial charge in [-0.15, -0.1) is 0 Å². The second kappa shape index (κ2) is 7.71. The smallest absolute Gasteiger partial charge is 0.119 e. The third-order valence-corrected chi connectivity index (χ3v) is 3.46. The summed E-state index contributed by atoms with van der Waals surface area (Å²) in [4.78, 5) is 0. The molecule has 2 aromatic rings. The van der Waals surface area contributed by atoms with Gasteiger partial charge in [-0.1, -0.05) is 42.5 Å². The molecule has 0 radical (unpaired) electrons. The summed E-state index contributed by atoms with van der Waals surface area (Å²) in [6.07, 6.45) is 1.99. The second-order valence-corrected chi connectivity index (χ2v) is 5.12. The lowest BCUT2D eigenvalue weighted by atomic mass is 10.1. The van der Waals surface area contributed by atoms with Crippen molar-refractivity contribution in [3.63, 3.8) is 0 Å². The van der Waals surface area contributed by atoms with Crippen molar-refractivity contribution >= 4 is 0 Å². The molecule has 0 amide bonds. The van der Waals surface area contributed by atoms with Gasteiger partial charge < -0.3 is 10.1 Å². The van der Waals surface area contributed by atoms with E-state index in [9.17, 15) is 0 Å².